The highest BCUT2D eigenvalue weighted by Gasteiger charge is 2.13. The Kier molecular flexibility index (Phi) is 7.71. The molecule has 0 saturated carbocycles. The quantitative estimate of drug-likeness (QED) is 0.778. The topological polar surface area (TPSA) is 84.2 Å². The number of amides is 2. The van der Waals surface area contributed by atoms with Gasteiger partial charge in [-0.2, -0.15) is 0 Å². The molecule has 20 heavy (non-hydrogen) atoms. The Morgan fingerprint density at radius 1 is 1.15 bits per heavy atom. The summed E-state index contributed by atoms with van der Waals surface area (Å²) in [5.74, 6) is -3.06. The largest absolute Gasteiger partial charge is 0.330 e. The number of carbonyl (C=O) groups excluding carboxylic acids is 2. The Labute approximate surface area is 121 Å². The molecule has 1 rings (SSSR count). The molecule has 0 spiro atoms. The number of nitrogens with two attached hydrogens (primary N) is 1. The second kappa shape index (κ2) is 8.44. The monoisotopic (exact) mass is 307 g/mol. The average molecular weight is 308 g/mol. The van der Waals surface area contributed by atoms with Crippen molar-refractivity contribution < 1.29 is 18.4 Å². The molecule has 4 N–H and O–H groups in total. The molecule has 0 aliphatic rings. The van der Waals surface area contributed by atoms with E-state index in [1.807, 2.05) is 0 Å². The van der Waals surface area contributed by atoms with Gasteiger partial charge in [-0.1, -0.05) is 0 Å². The van der Waals surface area contributed by atoms with Crippen LogP contribution in [0.15, 0.2) is 12.1 Å². The maximum absolute atomic E-state index is 13.1. The number of benzene rings is 1. The Hall–Kier alpha value is -1.73. The van der Waals surface area contributed by atoms with Crippen molar-refractivity contribution in [2.24, 2.45) is 5.73 Å². The Bertz CT molecular complexity index is 498. The van der Waals surface area contributed by atoms with Crippen LogP contribution in [0.1, 0.15) is 19.8 Å². The van der Waals surface area contributed by atoms with E-state index < -0.39 is 17.5 Å². The smallest absolute Gasteiger partial charge is 0.224 e. The molecule has 1 aromatic carbocycles. The lowest BCUT2D eigenvalue weighted by atomic mass is 10.2. The van der Waals surface area contributed by atoms with Crippen LogP contribution in [-0.2, 0) is 9.59 Å². The van der Waals surface area contributed by atoms with Crippen molar-refractivity contribution in [3.8, 4) is 0 Å². The van der Waals surface area contributed by atoms with E-state index in [0.29, 0.717) is 13.0 Å². The van der Waals surface area contributed by atoms with Crippen LogP contribution < -0.4 is 16.4 Å². The fraction of sp³-hybridized carbons (Fsp3) is 0.333. The summed E-state index contributed by atoms with van der Waals surface area (Å²) >= 11 is 0. The molecule has 8 heteroatoms. The minimum absolute atomic E-state index is 0. The molecule has 112 valence electrons. The highest BCUT2D eigenvalue weighted by molar-refractivity contribution is 5.98. The summed E-state index contributed by atoms with van der Waals surface area (Å²) in [7, 11) is 0. The lowest BCUT2D eigenvalue weighted by Crippen LogP contribution is -2.16. The maximum Gasteiger partial charge on any atom is 0.224 e. The molecule has 0 fully saturated rings. The van der Waals surface area contributed by atoms with Crippen molar-refractivity contribution >= 4 is 35.6 Å². The first kappa shape index (κ1) is 18.3. The second-order valence-electron chi connectivity index (χ2n) is 3.93. The van der Waals surface area contributed by atoms with E-state index in [4.69, 9.17) is 5.73 Å². The van der Waals surface area contributed by atoms with Crippen molar-refractivity contribution in [3.05, 3.63) is 23.8 Å². The molecule has 0 aliphatic carbocycles. The van der Waals surface area contributed by atoms with Gasteiger partial charge in [0, 0.05) is 25.5 Å². The zero-order chi connectivity index (χ0) is 14.4. The molecule has 1 aromatic rings. The van der Waals surface area contributed by atoms with Gasteiger partial charge in [-0.15, -0.1) is 12.4 Å². The average Bonchev–Trinajstić information content (AvgIpc) is 2.32. The molecule has 5 nitrogen and oxygen atoms in total. The first-order valence-electron chi connectivity index (χ1n) is 5.70. The van der Waals surface area contributed by atoms with Crippen LogP contribution >= 0.6 is 12.4 Å². The van der Waals surface area contributed by atoms with Gasteiger partial charge in [0.2, 0.25) is 11.8 Å². The van der Waals surface area contributed by atoms with Crippen LogP contribution in [0.5, 0.6) is 0 Å². The van der Waals surface area contributed by atoms with Gasteiger partial charge in [0.1, 0.15) is 0 Å². The zero-order valence-corrected chi connectivity index (χ0v) is 11.7. The first-order valence-corrected chi connectivity index (χ1v) is 5.70. The molecular formula is C12H16ClF2N3O2. The van der Waals surface area contributed by atoms with Crippen LogP contribution in [-0.4, -0.2) is 18.4 Å². The summed E-state index contributed by atoms with van der Waals surface area (Å²) in [6.45, 7) is 1.57. The van der Waals surface area contributed by atoms with Crippen molar-refractivity contribution in [1.29, 1.82) is 0 Å². The highest BCUT2D eigenvalue weighted by atomic mass is 35.5. The van der Waals surface area contributed by atoms with Crippen molar-refractivity contribution in [2.75, 3.05) is 17.2 Å². The molecule has 0 aliphatic heterocycles. The van der Waals surface area contributed by atoms with Crippen LogP contribution in [0.25, 0.3) is 0 Å². The number of anilines is 2. The summed E-state index contributed by atoms with van der Waals surface area (Å²) in [5, 5.41) is 4.72. The molecule has 0 saturated heterocycles. The summed E-state index contributed by atoms with van der Waals surface area (Å²) in [5.41, 5.74) is 5.28. The third-order valence-electron chi connectivity index (χ3n) is 2.25. The second-order valence-corrected chi connectivity index (χ2v) is 3.93. The Balaban J connectivity index is 0.00000361. The maximum atomic E-state index is 13.1. The van der Waals surface area contributed by atoms with E-state index >= 15 is 0 Å². The molecule has 0 heterocycles. The fourth-order valence-corrected chi connectivity index (χ4v) is 1.42. The van der Waals surface area contributed by atoms with E-state index in [0.717, 1.165) is 12.1 Å². The number of carbonyl (C=O) groups is 2. The van der Waals surface area contributed by atoms with E-state index in [9.17, 15) is 18.4 Å². The molecular weight excluding hydrogens is 292 g/mol. The number of hydrogen-bond acceptors (Lipinski definition) is 3. The number of rotatable bonds is 5. The third-order valence-corrected chi connectivity index (χ3v) is 2.25. The zero-order valence-electron chi connectivity index (χ0n) is 10.8. The molecule has 0 atom stereocenters. The number of nitrogens with one attached hydrogen (secondary N) is 2. The van der Waals surface area contributed by atoms with E-state index in [1.165, 1.54) is 6.92 Å². The van der Waals surface area contributed by atoms with Gasteiger partial charge in [-0.05, 0) is 13.0 Å². The predicted octanol–water partition coefficient (Wildman–Crippen LogP) is 2.02. The summed E-state index contributed by atoms with van der Waals surface area (Å²) < 4.78 is 26.2. The summed E-state index contributed by atoms with van der Waals surface area (Å²) in [6, 6.07) is 1.64. The van der Waals surface area contributed by atoms with Crippen LogP contribution in [0.4, 0.5) is 20.2 Å². The van der Waals surface area contributed by atoms with Crippen molar-refractivity contribution in [1.82, 2.24) is 0 Å². The van der Waals surface area contributed by atoms with Gasteiger partial charge in [-0.25, -0.2) is 8.78 Å². The van der Waals surface area contributed by atoms with Gasteiger partial charge in [-0.3, -0.25) is 9.59 Å². The van der Waals surface area contributed by atoms with Crippen LogP contribution in [0.3, 0.4) is 0 Å². The molecule has 0 bridgehead atoms. The molecule has 0 unspecified atom stereocenters. The van der Waals surface area contributed by atoms with E-state index in [2.05, 4.69) is 10.6 Å². The fourth-order valence-electron chi connectivity index (χ4n) is 1.42. The third kappa shape index (κ3) is 5.50. The molecule has 0 radical (unpaired) electrons. The molecule has 0 aromatic heterocycles. The van der Waals surface area contributed by atoms with E-state index in [-0.39, 0.29) is 36.1 Å². The van der Waals surface area contributed by atoms with Gasteiger partial charge >= 0.3 is 0 Å². The van der Waals surface area contributed by atoms with Crippen LogP contribution in [0.2, 0.25) is 0 Å². The minimum Gasteiger partial charge on any atom is -0.330 e. The lowest BCUT2D eigenvalue weighted by Gasteiger charge is -2.12. The minimum atomic E-state index is -1.11. The van der Waals surface area contributed by atoms with Crippen LogP contribution in [0, 0.1) is 11.6 Å². The van der Waals surface area contributed by atoms with Crippen molar-refractivity contribution in [2.45, 2.75) is 19.8 Å². The number of halogens is 3. The summed E-state index contributed by atoms with van der Waals surface area (Å²) in [4.78, 5) is 22.5. The predicted molar refractivity (Wildman–Crippen MR) is 74.8 cm³/mol. The van der Waals surface area contributed by atoms with Gasteiger partial charge in [0.15, 0.2) is 11.6 Å². The highest BCUT2D eigenvalue weighted by Crippen LogP contribution is 2.25. The first-order chi connectivity index (χ1) is 8.93. The van der Waals surface area contributed by atoms with E-state index in [1.54, 1.807) is 0 Å². The van der Waals surface area contributed by atoms with Gasteiger partial charge < -0.3 is 16.4 Å². The SMILES string of the molecule is CC(=O)Nc1cc(F)c(F)cc1NC(=O)CCCN.Cl. The van der Waals surface area contributed by atoms with Crippen molar-refractivity contribution in [3.63, 3.8) is 0 Å². The molecule has 2 amide bonds. The standard InChI is InChI=1S/C12H15F2N3O2.ClH/c1-7(18)16-10-5-8(13)9(14)6-11(10)17-12(19)3-2-4-15;/h5-6H,2-4,15H2,1H3,(H,16,18)(H,17,19);1H. The van der Waals surface area contributed by atoms with Gasteiger partial charge in [0.05, 0.1) is 11.4 Å². The number of hydrogen-bond donors (Lipinski definition) is 3. The van der Waals surface area contributed by atoms with Gasteiger partial charge in [0.25, 0.3) is 0 Å². The Morgan fingerprint density at radius 2 is 1.65 bits per heavy atom. The lowest BCUT2D eigenvalue weighted by molar-refractivity contribution is -0.116. The Morgan fingerprint density at radius 3 is 2.10 bits per heavy atom. The normalized spacial score (nSPS) is 9.60. The summed E-state index contributed by atoms with van der Waals surface area (Å²) in [6.07, 6.45) is 0.639.